The maximum absolute atomic E-state index is 12.8. The molecule has 1 atom stereocenters. The lowest BCUT2D eigenvalue weighted by molar-refractivity contribution is -0.122. The van der Waals surface area contributed by atoms with Gasteiger partial charge >= 0.3 is 6.03 Å². The number of ether oxygens (including phenoxy) is 2. The number of carbonyl (C=O) groups excluding carboxylic acids is 2. The first-order valence-corrected chi connectivity index (χ1v) is 9.88. The first-order chi connectivity index (χ1) is 14.6. The maximum atomic E-state index is 12.8. The summed E-state index contributed by atoms with van der Waals surface area (Å²) in [7, 11) is 0. The number of imide groups is 1. The minimum atomic E-state index is -0.924. The topological polar surface area (TPSA) is 80.8 Å². The van der Waals surface area contributed by atoms with E-state index in [9.17, 15) is 9.59 Å². The van der Waals surface area contributed by atoms with Crippen molar-refractivity contribution >= 4 is 28.5 Å². The molecule has 1 spiro atoms. The number of aromatic nitrogens is 1. The van der Waals surface area contributed by atoms with Crippen molar-refractivity contribution in [1.29, 1.82) is 0 Å². The van der Waals surface area contributed by atoms with E-state index in [1.807, 2.05) is 37.3 Å². The fraction of sp³-hybridized carbons (Fsp3) is 0.261. The molecule has 2 saturated heterocycles. The molecule has 152 valence electrons. The van der Waals surface area contributed by atoms with E-state index in [2.05, 4.69) is 10.3 Å². The molecule has 3 heterocycles. The molecule has 2 aromatic carbocycles. The van der Waals surface area contributed by atoms with Crippen molar-refractivity contribution in [2.45, 2.75) is 25.5 Å². The fourth-order valence-electron chi connectivity index (χ4n) is 4.05. The van der Waals surface area contributed by atoms with Crippen molar-refractivity contribution in [3.05, 3.63) is 65.9 Å². The molecule has 2 aliphatic heterocycles. The number of amides is 3. The highest BCUT2D eigenvalue weighted by atomic mass is 16.5. The Morgan fingerprint density at radius 1 is 1.17 bits per heavy atom. The van der Waals surface area contributed by atoms with E-state index in [-0.39, 0.29) is 12.5 Å². The van der Waals surface area contributed by atoms with Crippen LogP contribution in [0.1, 0.15) is 17.7 Å². The molecule has 0 radical (unpaired) electrons. The minimum Gasteiger partial charge on any atom is -0.489 e. The second-order valence-corrected chi connectivity index (χ2v) is 7.68. The molecule has 2 fully saturated rings. The molecule has 0 bridgehead atoms. The number of benzene rings is 2. The van der Waals surface area contributed by atoms with E-state index in [0.29, 0.717) is 31.1 Å². The lowest BCUT2D eigenvalue weighted by Gasteiger charge is -2.18. The van der Waals surface area contributed by atoms with Gasteiger partial charge in [0.15, 0.2) is 0 Å². The highest BCUT2D eigenvalue weighted by molar-refractivity contribution is 6.23. The van der Waals surface area contributed by atoms with E-state index in [1.165, 1.54) is 4.90 Å². The van der Waals surface area contributed by atoms with Crippen molar-refractivity contribution in [1.82, 2.24) is 10.3 Å². The second kappa shape index (κ2) is 7.11. The Morgan fingerprint density at radius 2 is 1.97 bits per heavy atom. The number of nitrogens with zero attached hydrogens (tertiary/aromatic N) is 2. The number of urea groups is 1. The Labute approximate surface area is 173 Å². The molecule has 5 rings (SSSR count). The Bertz CT molecular complexity index is 1140. The summed E-state index contributed by atoms with van der Waals surface area (Å²) in [5.41, 5.74) is 2.52. The Kier molecular flexibility index (Phi) is 4.40. The summed E-state index contributed by atoms with van der Waals surface area (Å²) in [5, 5.41) is 3.84. The third-order valence-electron chi connectivity index (χ3n) is 5.60. The zero-order valence-corrected chi connectivity index (χ0v) is 16.6. The summed E-state index contributed by atoms with van der Waals surface area (Å²) in [4.78, 5) is 30.9. The second-order valence-electron chi connectivity index (χ2n) is 7.68. The molecule has 0 aliphatic carbocycles. The Hall–Kier alpha value is -3.45. The molecule has 3 amide bonds. The number of carbonyl (C=O) groups is 2. The number of aryl methyl sites for hydroxylation is 1. The van der Waals surface area contributed by atoms with Gasteiger partial charge in [0.25, 0.3) is 5.91 Å². The zero-order valence-electron chi connectivity index (χ0n) is 16.6. The first kappa shape index (κ1) is 18.6. The molecule has 2 aliphatic rings. The van der Waals surface area contributed by atoms with Crippen LogP contribution in [-0.2, 0) is 16.1 Å². The van der Waals surface area contributed by atoms with Gasteiger partial charge < -0.3 is 14.8 Å². The third kappa shape index (κ3) is 3.07. The van der Waals surface area contributed by atoms with Crippen molar-refractivity contribution in [3.8, 4) is 5.75 Å². The molecular weight excluding hydrogens is 382 g/mol. The van der Waals surface area contributed by atoms with Crippen molar-refractivity contribution in [2.75, 3.05) is 18.1 Å². The molecule has 30 heavy (non-hydrogen) atoms. The lowest BCUT2D eigenvalue weighted by atomic mass is 9.99. The van der Waals surface area contributed by atoms with Crippen molar-refractivity contribution in [3.63, 3.8) is 0 Å². The summed E-state index contributed by atoms with van der Waals surface area (Å²) in [6.45, 7) is 3.04. The first-order valence-electron chi connectivity index (χ1n) is 9.88. The molecule has 3 aromatic rings. The molecule has 7 heteroatoms. The van der Waals surface area contributed by atoms with E-state index < -0.39 is 11.6 Å². The van der Waals surface area contributed by atoms with Gasteiger partial charge in [-0.2, -0.15) is 0 Å². The number of fused-ring (bicyclic) bond motifs is 1. The summed E-state index contributed by atoms with van der Waals surface area (Å²) < 4.78 is 11.3. The van der Waals surface area contributed by atoms with Crippen LogP contribution in [0, 0.1) is 6.92 Å². The fourth-order valence-corrected chi connectivity index (χ4v) is 4.05. The number of nitrogens with one attached hydrogen (secondary N) is 1. The van der Waals surface area contributed by atoms with Crippen LogP contribution in [0.5, 0.6) is 5.75 Å². The Balaban J connectivity index is 1.33. The van der Waals surface area contributed by atoms with Gasteiger partial charge in [0.2, 0.25) is 0 Å². The number of hydrogen-bond donors (Lipinski definition) is 1. The van der Waals surface area contributed by atoms with Crippen LogP contribution in [0.4, 0.5) is 10.5 Å². The summed E-state index contributed by atoms with van der Waals surface area (Å²) in [6.07, 6.45) is 0.495. The zero-order chi connectivity index (χ0) is 20.7. The van der Waals surface area contributed by atoms with Crippen LogP contribution < -0.4 is 15.0 Å². The van der Waals surface area contributed by atoms with Crippen LogP contribution in [0.2, 0.25) is 0 Å². The van der Waals surface area contributed by atoms with Crippen LogP contribution in [0.15, 0.2) is 54.6 Å². The molecule has 1 N–H and O–H groups in total. The smallest absolute Gasteiger partial charge is 0.329 e. The molecule has 1 aromatic heterocycles. The SMILES string of the molecule is Cc1cc(COc2ccc(N3C(=O)NC4(CCOC4)C3=O)cc2)c2ccccc2n1. The number of pyridine rings is 1. The van der Waals surface area contributed by atoms with E-state index >= 15 is 0 Å². The normalized spacial score (nSPS) is 20.9. The van der Waals surface area contributed by atoms with Gasteiger partial charge in [-0.3, -0.25) is 9.78 Å². The molecule has 0 saturated carbocycles. The average Bonchev–Trinajstić information content (AvgIpc) is 3.31. The van der Waals surface area contributed by atoms with Crippen LogP contribution in [-0.4, -0.2) is 35.7 Å². The molecule has 7 nitrogen and oxygen atoms in total. The highest BCUT2D eigenvalue weighted by Gasteiger charge is 2.54. The van der Waals surface area contributed by atoms with Crippen molar-refractivity contribution < 1.29 is 19.1 Å². The van der Waals surface area contributed by atoms with Gasteiger partial charge in [0, 0.05) is 29.7 Å². The van der Waals surface area contributed by atoms with Gasteiger partial charge in [0.1, 0.15) is 17.9 Å². The summed E-state index contributed by atoms with van der Waals surface area (Å²) in [5.74, 6) is 0.390. The van der Waals surface area contributed by atoms with Crippen LogP contribution in [0.25, 0.3) is 10.9 Å². The largest absolute Gasteiger partial charge is 0.489 e. The highest BCUT2D eigenvalue weighted by Crippen LogP contribution is 2.31. The molecule has 1 unspecified atom stereocenters. The van der Waals surface area contributed by atoms with Crippen LogP contribution >= 0.6 is 0 Å². The Morgan fingerprint density at radius 3 is 2.73 bits per heavy atom. The number of para-hydroxylation sites is 1. The van der Waals surface area contributed by atoms with Gasteiger partial charge in [-0.25, -0.2) is 9.69 Å². The third-order valence-corrected chi connectivity index (χ3v) is 5.60. The van der Waals surface area contributed by atoms with E-state index in [0.717, 1.165) is 22.2 Å². The number of hydrogen-bond acceptors (Lipinski definition) is 5. The predicted molar refractivity (Wildman–Crippen MR) is 111 cm³/mol. The standard InChI is InChI=1S/C23H21N3O4/c1-15-12-16(19-4-2-3-5-20(19)24-15)13-30-18-8-6-17(7-9-18)26-21(27)23(25-22(26)28)10-11-29-14-23/h2-9,12H,10-11,13-14H2,1H3,(H,25,28). The number of rotatable bonds is 4. The summed E-state index contributed by atoms with van der Waals surface area (Å²) in [6, 6.07) is 16.5. The number of anilines is 1. The van der Waals surface area contributed by atoms with Gasteiger partial charge in [-0.1, -0.05) is 18.2 Å². The van der Waals surface area contributed by atoms with Crippen molar-refractivity contribution in [2.24, 2.45) is 0 Å². The van der Waals surface area contributed by atoms with Gasteiger partial charge in [0.05, 0.1) is 17.8 Å². The quantitative estimate of drug-likeness (QED) is 0.676. The van der Waals surface area contributed by atoms with E-state index in [1.54, 1.807) is 24.3 Å². The van der Waals surface area contributed by atoms with Gasteiger partial charge in [-0.15, -0.1) is 0 Å². The maximum Gasteiger partial charge on any atom is 0.329 e. The summed E-state index contributed by atoms with van der Waals surface area (Å²) >= 11 is 0. The predicted octanol–water partition coefficient (Wildman–Crippen LogP) is 3.34. The average molecular weight is 403 g/mol. The van der Waals surface area contributed by atoms with Gasteiger partial charge in [-0.05, 0) is 43.3 Å². The van der Waals surface area contributed by atoms with Crippen LogP contribution in [0.3, 0.4) is 0 Å². The monoisotopic (exact) mass is 403 g/mol. The molecular formula is C23H21N3O4. The minimum absolute atomic E-state index is 0.217. The van der Waals surface area contributed by atoms with E-state index in [4.69, 9.17) is 9.47 Å². The lowest BCUT2D eigenvalue weighted by Crippen LogP contribution is -2.47.